The fraction of sp³-hybridized carbons (Fsp3) is 0.273. The van der Waals surface area contributed by atoms with Gasteiger partial charge in [-0.25, -0.2) is 4.98 Å². The Morgan fingerprint density at radius 3 is 3.00 bits per heavy atom. The summed E-state index contributed by atoms with van der Waals surface area (Å²) in [7, 11) is 1.45. The molecule has 0 saturated heterocycles. The molecule has 0 radical (unpaired) electrons. The maximum Gasteiger partial charge on any atom is 0.257 e. The number of rotatable bonds is 4. The molecule has 0 atom stereocenters. The van der Waals surface area contributed by atoms with Gasteiger partial charge in [-0.1, -0.05) is 17.7 Å². The highest BCUT2D eigenvalue weighted by Crippen LogP contribution is 2.22. The van der Waals surface area contributed by atoms with Crippen molar-refractivity contribution < 1.29 is 9.53 Å². The summed E-state index contributed by atoms with van der Waals surface area (Å²) in [5, 5.41) is 2.96. The van der Waals surface area contributed by atoms with E-state index >= 15 is 0 Å². The molecule has 0 fully saturated rings. The van der Waals surface area contributed by atoms with E-state index in [0.717, 1.165) is 5.56 Å². The molecule has 1 heterocycles. The first kappa shape index (κ1) is 12.5. The molecule has 1 aromatic heterocycles. The van der Waals surface area contributed by atoms with Crippen LogP contribution in [0.3, 0.4) is 0 Å². The summed E-state index contributed by atoms with van der Waals surface area (Å²) in [6, 6.07) is 1.62. The lowest BCUT2D eigenvalue weighted by Crippen LogP contribution is -2.25. The van der Waals surface area contributed by atoms with E-state index < -0.39 is 0 Å². The Morgan fingerprint density at radius 2 is 2.44 bits per heavy atom. The van der Waals surface area contributed by atoms with Gasteiger partial charge in [-0.2, -0.15) is 0 Å². The number of carbonyl (C=O) groups excluding carboxylic acids is 1. The molecule has 16 heavy (non-hydrogen) atoms. The normalized spacial score (nSPS) is 9.69. The number of pyridine rings is 1. The van der Waals surface area contributed by atoms with Crippen molar-refractivity contribution in [2.24, 2.45) is 0 Å². The Kier molecular flexibility index (Phi) is 4.31. The summed E-state index contributed by atoms with van der Waals surface area (Å²) < 4.78 is 5.03. The van der Waals surface area contributed by atoms with Gasteiger partial charge in [0.15, 0.2) is 0 Å². The summed E-state index contributed by atoms with van der Waals surface area (Å²) in [5.74, 6) is -0.0232. The minimum atomic E-state index is -0.251. The number of methoxy groups -OCH3 is 1. The minimum absolute atomic E-state index is 0.228. The second-order valence-corrected chi connectivity index (χ2v) is 3.53. The molecule has 0 aliphatic carbocycles. The van der Waals surface area contributed by atoms with Crippen LogP contribution in [0.25, 0.3) is 0 Å². The van der Waals surface area contributed by atoms with Crippen LogP contribution in [0.2, 0.25) is 5.15 Å². The molecule has 4 nitrogen and oxygen atoms in total. The number of nitrogens with one attached hydrogen (secondary N) is 1. The Bertz CT molecular complexity index is 419. The van der Waals surface area contributed by atoms with E-state index in [1.807, 2.05) is 0 Å². The van der Waals surface area contributed by atoms with Gasteiger partial charge in [-0.15, -0.1) is 6.58 Å². The largest absolute Gasteiger partial charge is 0.480 e. The van der Waals surface area contributed by atoms with E-state index in [2.05, 4.69) is 16.9 Å². The van der Waals surface area contributed by atoms with Crippen LogP contribution < -0.4 is 10.1 Å². The highest BCUT2D eigenvalue weighted by atomic mass is 35.5. The minimum Gasteiger partial charge on any atom is -0.480 e. The van der Waals surface area contributed by atoms with E-state index in [1.165, 1.54) is 7.11 Å². The summed E-state index contributed by atoms with van der Waals surface area (Å²) in [6.07, 6.45) is 1.60. The molecule has 1 rings (SSSR count). The fourth-order valence-corrected chi connectivity index (χ4v) is 1.52. The zero-order chi connectivity index (χ0) is 12.1. The molecule has 1 aromatic rings. The van der Waals surface area contributed by atoms with E-state index in [9.17, 15) is 4.79 Å². The first-order valence-electron chi connectivity index (χ1n) is 4.70. The molecule has 0 bridgehead atoms. The Hall–Kier alpha value is -1.55. The average Bonchev–Trinajstić information content (AvgIpc) is 2.24. The number of aryl methyl sites for hydroxylation is 1. The number of amides is 1. The highest BCUT2D eigenvalue weighted by molar-refractivity contribution is 6.29. The molecule has 5 heteroatoms. The van der Waals surface area contributed by atoms with Crippen molar-refractivity contribution >= 4 is 17.5 Å². The van der Waals surface area contributed by atoms with Crippen LogP contribution in [0, 0.1) is 6.92 Å². The maximum absolute atomic E-state index is 11.8. The number of hydrogen-bond acceptors (Lipinski definition) is 3. The number of aromatic nitrogens is 1. The van der Waals surface area contributed by atoms with Crippen molar-refractivity contribution in [2.75, 3.05) is 13.7 Å². The third-order valence-electron chi connectivity index (χ3n) is 1.98. The summed E-state index contributed by atoms with van der Waals surface area (Å²) in [4.78, 5) is 15.7. The van der Waals surface area contributed by atoms with Gasteiger partial charge in [0, 0.05) is 6.54 Å². The van der Waals surface area contributed by atoms with Crippen LogP contribution in [0.1, 0.15) is 15.9 Å². The lowest BCUT2D eigenvalue weighted by Gasteiger charge is -2.10. The molecule has 1 N–H and O–H groups in total. The second kappa shape index (κ2) is 5.51. The molecule has 0 aliphatic rings. The molecule has 1 amide bonds. The SMILES string of the molecule is C=CCNC(=O)c1c(C)cc(Cl)nc1OC. The number of halogens is 1. The summed E-state index contributed by atoms with van der Waals surface area (Å²) >= 11 is 5.77. The zero-order valence-corrected chi connectivity index (χ0v) is 9.97. The van der Waals surface area contributed by atoms with E-state index in [4.69, 9.17) is 16.3 Å². The van der Waals surface area contributed by atoms with Crippen LogP contribution >= 0.6 is 11.6 Å². The standard InChI is InChI=1S/C11H13ClN2O2/c1-4-5-13-10(15)9-7(2)6-8(12)14-11(9)16-3/h4,6H,1,5H2,2-3H3,(H,13,15). The predicted octanol–water partition coefficient (Wildman–Crippen LogP) is 1.97. The van der Waals surface area contributed by atoms with E-state index in [0.29, 0.717) is 17.3 Å². The Labute approximate surface area is 99.3 Å². The van der Waals surface area contributed by atoms with Crippen LogP contribution in [0.4, 0.5) is 0 Å². The van der Waals surface area contributed by atoms with Gasteiger partial charge >= 0.3 is 0 Å². The predicted molar refractivity (Wildman–Crippen MR) is 63.1 cm³/mol. The van der Waals surface area contributed by atoms with Crippen LogP contribution in [-0.2, 0) is 0 Å². The van der Waals surface area contributed by atoms with Crippen LogP contribution in [-0.4, -0.2) is 24.5 Å². The van der Waals surface area contributed by atoms with Gasteiger partial charge in [0.25, 0.3) is 5.91 Å². The zero-order valence-electron chi connectivity index (χ0n) is 9.21. The summed E-state index contributed by atoms with van der Waals surface area (Å²) in [5.41, 5.74) is 1.12. The van der Waals surface area contributed by atoms with Crippen molar-refractivity contribution in [3.8, 4) is 5.88 Å². The molecule has 0 unspecified atom stereocenters. The van der Waals surface area contributed by atoms with Gasteiger partial charge in [-0.3, -0.25) is 4.79 Å². The average molecular weight is 241 g/mol. The van der Waals surface area contributed by atoms with Crippen molar-refractivity contribution in [2.45, 2.75) is 6.92 Å². The van der Waals surface area contributed by atoms with Gasteiger partial charge < -0.3 is 10.1 Å². The third-order valence-corrected chi connectivity index (χ3v) is 2.17. The number of carbonyl (C=O) groups is 1. The molecular weight excluding hydrogens is 228 g/mol. The Morgan fingerprint density at radius 1 is 1.75 bits per heavy atom. The van der Waals surface area contributed by atoms with Crippen molar-refractivity contribution in [3.63, 3.8) is 0 Å². The number of nitrogens with zero attached hydrogens (tertiary/aromatic N) is 1. The van der Waals surface area contributed by atoms with E-state index in [-0.39, 0.29) is 11.8 Å². The third kappa shape index (κ3) is 2.73. The molecule has 0 aliphatic heterocycles. The van der Waals surface area contributed by atoms with Crippen molar-refractivity contribution in [1.82, 2.24) is 10.3 Å². The van der Waals surface area contributed by atoms with Gasteiger partial charge in [0.2, 0.25) is 5.88 Å². The van der Waals surface area contributed by atoms with Crippen LogP contribution in [0.5, 0.6) is 5.88 Å². The lowest BCUT2D eigenvalue weighted by molar-refractivity contribution is 0.0953. The maximum atomic E-state index is 11.8. The van der Waals surface area contributed by atoms with Crippen molar-refractivity contribution in [3.05, 3.63) is 35.0 Å². The van der Waals surface area contributed by atoms with Crippen LogP contribution in [0.15, 0.2) is 18.7 Å². The first-order chi connectivity index (χ1) is 7.60. The Balaban J connectivity index is 3.10. The van der Waals surface area contributed by atoms with Gasteiger partial charge in [0.1, 0.15) is 10.7 Å². The monoisotopic (exact) mass is 240 g/mol. The molecule has 0 saturated carbocycles. The fourth-order valence-electron chi connectivity index (χ4n) is 1.28. The first-order valence-corrected chi connectivity index (χ1v) is 5.08. The topological polar surface area (TPSA) is 51.2 Å². The van der Waals surface area contributed by atoms with Crippen molar-refractivity contribution in [1.29, 1.82) is 0 Å². The van der Waals surface area contributed by atoms with Gasteiger partial charge in [-0.05, 0) is 18.6 Å². The smallest absolute Gasteiger partial charge is 0.257 e. The lowest BCUT2D eigenvalue weighted by atomic mass is 10.1. The molecule has 0 aromatic carbocycles. The second-order valence-electron chi connectivity index (χ2n) is 3.14. The highest BCUT2D eigenvalue weighted by Gasteiger charge is 2.16. The summed E-state index contributed by atoms with van der Waals surface area (Å²) in [6.45, 7) is 5.69. The molecular formula is C11H13ClN2O2. The van der Waals surface area contributed by atoms with E-state index in [1.54, 1.807) is 19.1 Å². The quantitative estimate of drug-likeness (QED) is 0.647. The number of hydrogen-bond donors (Lipinski definition) is 1. The van der Waals surface area contributed by atoms with Gasteiger partial charge in [0.05, 0.1) is 7.11 Å². The molecule has 86 valence electrons. The number of ether oxygens (including phenoxy) is 1. The molecule has 0 spiro atoms.